The van der Waals surface area contributed by atoms with Gasteiger partial charge in [0, 0.05) is 12.6 Å². The van der Waals surface area contributed by atoms with Crippen LogP contribution in [0.25, 0.3) is 0 Å². The maximum absolute atomic E-state index is 12.8. The third kappa shape index (κ3) is 3.82. The van der Waals surface area contributed by atoms with Crippen LogP contribution in [-0.4, -0.2) is 38.4 Å². The Morgan fingerprint density at radius 1 is 1.40 bits per heavy atom. The van der Waals surface area contributed by atoms with Crippen molar-refractivity contribution in [2.75, 3.05) is 19.6 Å². The molecule has 20 heavy (non-hydrogen) atoms. The number of nitrogens with one attached hydrogen (secondary N) is 1. The largest absolute Gasteiger partial charge is 0.317 e. The van der Waals surface area contributed by atoms with Gasteiger partial charge in [-0.3, -0.25) is 0 Å². The van der Waals surface area contributed by atoms with E-state index >= 15 is 0 Å². The van der Waals surface area contributed by atoms with Gasteiger partial charge in [0.2, 0.25) is 0 Å². The van der Waals surface area contributed by atoms with Crippen LogP contribution in [0.15, 0.2) is 20.1 Å². The van der Waals surface area contributed by atoms with Crippen molar-refractivity contribution >= 4 is 37.3 Å². The van der Waals surface area contributed by atoms with Gasteiger partial charge < -0.3 is 5.32 Å². The molecule has 1 N–H and O–H groups in total. The lowest BCUT2D eigenvalue weighted by Crippen LogP contribution is -2.42. The van der Waals surface area contributed by atoms with Gasteiger partial charge in [-0.15, -0.1) is 11.3 Å². The Balaban J connectivity index is 2.19. The summed E-state index contributed by atoms with van der Waals surface area (Å²) in [5.74, 6) is 0.455. The Labute approximate surface area is 133 Å². The second-order valence-corrected chi connectivity index (χ2v) is 10.0. The van der Waals surface area contributed by atoms with E-state index in [2.05, 4.69) is 21.2 Å². The number of piperidine rings is 1. The van der Waals surface area contributed by atoms with Gasteiger partial charge in [0.1, 0.15) is 4.21 Å². The molecule has 1 aromatic heterocycles. The second kappa shape index (κ2) is 6.87. The highest BCUT2D eigenvalue weighted by Crippen LogP contribution is 2.30. The molecule has 114 valence electrons. The number of hydrogen-bond donors (Lipinski definition) is 1. The molecule has 7 heteroatoms. The zero-order valence-corrected chi connectivity index (χ0v) is 15.0. The molecule has 2 heterocycles. The fourth-order valence-corrected chi connectivity index (χ4v) is 6.31. The standard InChI is InChI=1S/C13H21BrN2O2S2/c1-10(2)16(9-11-5-7-15-8-6-11)20(17,18)13-4-3-12(14)19-13/h3-4,10-11,15H,5-9H2,1-2H3. The number of rotatable bonds is 5. The quantitative estimate of drug-likeness (QED) is 0.853. The van der Waals surface area contributed by atoms with Gasteiger partial charge in [0.25, 0.3) is 10.0 Å². The fourth-order valence-electron chi connectivity index (χ4n) is 2.46. The predicted octanol–water partition coefficient (Wildman–Crippen LogP) is 2.91. The Hall–Kier alpha value is 0.0500. The Morgan fingerprint density at radius 3 is 2.55 bits per heavy atom. The molecule has 1 aromatic rings. The predicted molar refractivity (Wildman–Crippen MR) is 86.6 cm³/mol. The molecule has 0 saturated carbocycles. The molecule has 1 saturated heterocycles. The van der Waals surface area contributed by atoms with E-state index in [1.807, 2.05) is 13.8 Å². The van der Waals surface area contributed by atoms with E-state index in [1.54, 1.807) is 16.4 Å². The van der Waals surface area contributed by atoms with Crippen LogP contribution < -0.4 is 5.32 Å². The molecule has 1 aliphatic rings. The van der Waals surface area contributed by atoms with E-state index in [4.69, 9.17) is 0 Å². The minimum absolute atomic E-state index is 0.0178. The summed E-state index contributed by atoms with van der Waals surface area (Å²) in [6.45, 7) is 6.49. The van der Waals surface area contributed by atoms with E-state index in [9.17, 15) is 8.42 Å². The zero-order valence-electron chi connectivity index (χ0n) is 11.8. The lowest BCUT2D eigenvalue weighted by Gasteiger charge is -2.31. The fraction of sp³-hybridized carbons (Fsp3) is 0.692. The van der Waals surface area contributed by atoms with Crippen LogP contribution in [0.3, 0.4) is 0 Å². The van der Waals surface area contributed by atoms with Crippen molar-refractivity contribution in [1.82, 2.24) is 9.62 Å². The number of thiophene rings is 1. The van der Waals surface area contributed by atoms with Crippen molar-refractivity contribution in [2.45, 2.75) is 36.9 Å². The molecule has 0 atom stereocenters. The van der Waals surface area contributed by atoms with Crippen LogP contribution >= 0.6 is 27.3 Å². The van der Waals surface area contributed by atoms with Crippen molar-refractivity contribution in [3.8, 4) is 0 Å². The smallest absolute Gasteiger partial charge is 0.252 e. The first kappa shape index (κ1) is 16.4. The second-order valence-electron chi connectivity index (χ2n) is 5.42. The summed E-state index contributed by atoms with van der Waals surface area (Å²) in [4.78, 5) is 0. The van der Waals surface area contributed by atoms with Gasteiger partial charge in [-0.2, -0.15) is 4.31 Å². The summed E-state index contributed by atoms with van der Waals surface area (Å²) in [6.07, 6.45) is 2.10. The van der Waals surface area contributed by atoms with Gasteiger partial charge in [-0.25, -0.2) is 8.42 Å². The molecular formula is C13H21BrN2O2S2. The summed E-state index contributed by atoms with van der Waals surface area (Å²) < 4.78 is 28.4. The highest BCUT2D eigenvalue weighted by atomic mass is 79.9. The third-order valence-corrected chi connectivity index (χ3v) is 7.72. The first-order chi connectivity index (χ1) is 9.41. The van der Waals surface area contributed by atoms with Crippen LogP contribution in [0.1, 0.15) is 26.7 Å². The molecule has 0 aromatic carbocycles. The molecule has 1 fully saturated rings. The third-order valence-electron chi connectivity index (χ3n) is 3.58. The van der Waals surface area contributed by atoms with E-state index in [-0.39, 0.29) is 6.04 Å². The number of nitrogens with zero attached hydrogens (tertiary/aromatic N) is 1. The number of halogens is 1. The summed E-state index contributed by atoms with van der Waals surface area (Å²) in [5.41, 5.74) is 0. The van der Waals surface area contributed by atoms with E-state index in [1.165, 1.54) is 11.3 Å². The Kier molecular flexibility index (Phi) is 5.64. The van der Waals surface area contributed by atoms with Crippen molar-refractivity contribution in [2.24, 2.45) is 5.92 Å². The average molecular weight is 381 g/mol. The monoisotopic (exact) mass is 380 g/mol. The molecule has 0 spiro atoms. The molecule has 0 amide bonds. The minimum Gasteiger partial charge on any atom is -0.317 e. The molecule has 0 unspecified atom stereocenters. The Morgan fingerprint density at radius 2 is 2.05 bits per heavy atom. The van der Waals surface area contributed by atoms with Crippen LogP contribution in [0.4, 0.5) is 0 Å². The van der Waals surface area contributed by atoms with Crippen molar-refractivity contribution < 1.29 is 8.42 Å². The maximum Gasteiger partial charge on any atom is 0.252 e. The van der Waals surface area contributed by atoms with Gasteiger partial charge in [0.15, 0.2) is 0 Å². The van der Waals surface area contributed by atoms with Crippen molar-refractivity contribution in [1.29, 1.82) is 0 Å². The highest BCUT2D eigenvalue weighted by molar-refractivity contribution is 9.11. The summed E-state index contributed by atoms with van der Waals surface area (Å²) in [7, 11) is -3.38. The zero-order chi connectivity index (χ0) is 14.8. The molecule has 0 bridgehead atoms. The van der Waals surface area contributed by atoms with Crippen LogP contribution in [-0.2, 0) is 10.0 Å². The van der Waals surface area contributed by atoms with E-state index < -0.39 is 10.0 Å². The van der Waals surface area contributed by atoms with E-state index in [0.29, 0.717) is 16.7 Å². The van der Waals surface area contributed by atoms with Crippen molar-refractivity contribution in [3.05, 3.63) is 15.9 Å². The van der Waals surface area contributed by atoms with Gasteiger partial charge in [0.05, 0.1) is 3.79 Å². The Bertz CT molecular complexity index is 536. The van der Waals surface area contributed by atoms with Crippen LogP contribution in [0.2, 0.25) is 0 Å². The molecule has 1 aliphatic heterocycles. The molecule has 0 aliphatic carbocycles. The van der Waals surface area contributed by atoms with Gasteiger partial charge in [-0.05, 0) is 73.8 Å². The van der Waals surface area contributed by atoms with Gasteiger partial charge >= 0.3 is 0 Å². The summed E-state index contributed by atoms with van der Waals surface area (Å²) in [5, 5.41) is 3.32. The first-order valence-corrected chi connectivity index (χ1v) is 9.94. The first-order valence-electron chi connectivity index (χ1n) is 6.89. The lowest BCUT2D eigenvalue weighted by atomic mass is 9.98. The number of sulfonamides is 1. The normalized spacial score (nSPS) is 18.1. The lowest BCUT2D eigenvalue weighted by molar-refractivity contribution is 0.261. The number of hydrogen-bond acceptors (Lipinski definition) is 4. The van der Waals surface area contributed by atoms with E-state index in [0.717, 1.165) is 29.7 Å². The molecule has 4 nitrogen and oxygen atoms in total. The summed E-state index contributed by atoms with van der Waals surface area (Å²) >= 11 is 4.61. The topological polar surface area (TPSA) is 49.4 Å². The molecule has 0 radical (unpaired) electrons. The molecular weight excluding hydrogens is 360 g/mol. The SMILES string of the molecule is CC(C)N(CC1CCNCC1)S(=O)(=O)c1ccc(Br)s1. The van der Waals surface area contributed by atoms with Crippen LogP contribution in [0, 0.1) is 5.92 Å². The van der Waals surface area contributed by atoms with Crippen molar-refractivity contribution in [3.63, 3.8) is 0 Å². The minimum atomic E-state index is -3.38. The van der Waals surface area contributed by atoms with Crippen LogP contribution in [0.5, 0.6) is 0 Å². The van der Waals surface area contributed by atoms with Gasteiger partial charge in [-0.1, -0.05) is 0 Å². The average Bonchev–Trinajstić information content (AvgIpc) is 2.84. The molecule has 2 rings (SSSR count). The maximum atomic E-state index is 12.8. The highest BCUT2D eigenvalue weighted by Gasteiger charge is 2.30. The summed E-state index contributed by atoms with van der Waals surface area (Å²) in [6, 6.07) is 3.46.